The van der Waals surface area contributed by atoms with Gasteiger partial charge in [0.15, 0.2) is 6.10 Å². The second kappa shape index (κ2) is 9.18. The maximum absolute atomic E-state index is 12.6. The first-order chi connectivity index (χ1) is 13.9. The maximum Gasteiger partial charge on any atom is 0.297 e. The van der Waals surface area contributed by atoms with Crippen molar-refractivity contribution in [1.29, 1.82) is 0 Å². The number of likely N-dealkylation sites (tertiary alicyclic amines) is 1. The zero-order valence-electron chi connectivity index (χ0n) is 17.1. The minimum Gasteiger partial charge on any atom is -1.00 e. The van der Waals surface area contributed by atoms with E-state index in [9.17, 15) is 8.42 Å². The van der Waals surface area contributed by atoms with Crippen molar-refractivity contribution < 1.29 is 41.1 Å². The lowest BCUT2D eigenvalue weighted by atomic mass is 9.91. The molecule has 0 radical (unpaired) electrons. The van der Waals surface area contributed by atoms with Gasteiger partial charge in [-0.25, -0.2) is 0 Å². The summed E-state index contributed by atoms with van der Waals surface area (Å²) in [5.74, 6) is 0. The molecule has 0 bridgehead atoms. The molecule has 4 nitrogen and oxygen atoms in total. The topological polar surface area (TPSA) is 43.4 Å². The number of hydrogen-bond donors (Lipinski definition) is 0. The van der Waals surface area contributed by atoms with Crippen LogP contribution in [0.2, 0.25) is 0 Å². The molecule has 0 amide bonds. The van der Waals surface area contributed by atoms with Gasteiger partial charge in [-0.15, -0.1) is 0 Å². The summed E-state index contributed by atoms with van der Waals surface area (Å²) < 4.78 is 31.6. The molecule has 3 aromatic carbocycles. The van der Waals surface area contributed by atoms with E-state index >= 15 is 0 Å². The first-order valence-electron chi connectivity index (χ1n) is 9.81. The summed E-state index contributed by atoms with van der Waals surface area (Å²) in [4.78, 5) is 0.215. The maximum atomic E-state index is 12.6. The van der Waals surface area contributed by atoms with E-state index in [1.807, 2.05) is 43.3 Å². The Labute approximate surface area is 196 Å². The number of quaternary nitrogens is 1. The first kappa shape index (κ1) is 22.9. The lowest BCUT2D eigenvalue weighted by molar-refractivity contribution is -0.976. The molecule has 1 saturated heterocycles. The van der Waals surface area contributed by atoms with Gasteiger partial charge in [-0.05, 0) is 19.1 Å². The number of halogens is 1. The van der Waals surface area contributed by atoms with Crippen LogP contribution < -0.4 is 24.0 Å². The average molecular weight is 535 g/mol. The molecule has 0 saturated carbocycles. The zero-order chi connectivity index (χ0) is 20.5. The summed E-state index contributed by atoms with van der Waals surface area (Å²) in [7, 11) is -1.58. The summed E-state index contributed by atoms with van der Waals surface area (Å²) >= 11 is 0. The number of benzene rings is 3. The highest BCUT2D eigenvalue weighted by Crippen LogP contribution is 2.39. The van der Waals surface area contributed by atoms with E-state index in [-0.39, 0.29) is 41.0 Å². The third kappa shape index (κ3) is 4.77. The largest absolute Gasteiger partial charge is 1.00 e. The van der Waals surface area contributed by atoms with E-state index in [2.05, 4.69) is 31.3 Å². The van der Waals surface area contributed by atoms with Crippen LogP contribution in [0.5, 0.6) is 0 Å². The van der Waals surface area contributed by atoms with E-state index in [1.54, 1.807) is 24.3 Å². The van der Waals surface area contributed by atoms with Crippen molar-refractivity contribution in [3.63, 3.8) is 0 Å². The summed E-state index contributed by atoms with van der Waals surface area (Å²) in [6, 6.07) is 27.7. The molecule has 4 rings (SSSR count). The second-order valence-electron chi connectivity index (χ2n) is 8.05. The standard InChI is InChI=1S/C24H26NO3S.HI/c1-19-13-15-23(16-14-19)29(26,27)28-22-17-25(2,18-22)24(20-9-5-3-6-10-20)21-11-7-4-8-12-21;/h3-16,22,24H,17-18H2,1-2H3;1H/q+1;/p-1. The minimum absolute atomic E-state index is 0. The lowest BCUT2D eigenvalue weighted by Crippen LogP contribution is -3.00. The highest BCUT2D eigenvalue weighted by atomic mass is 127. The van der Waals surface area contributed by atoms with E-state index in [0.717, 1.165) is 5.56 Å². The van der Waals surface area contributed by atoms with Gasteiger partial charge >= 0.3 is 0 Å². The van der Waals surface area contributed by atoms with Crippen LogP contribution in [-0.2, 0) is 14.3 Å². The van der Waals surface area contributed by atoms with Crippen molar-refractivity contribution in [1.82, 2.24) is 0 Å². The van der Waals surface area contributed by atoms with Gasteiger partial charge in [-0.2, -0.15) is 8.42 Å². The van der Waals surface area contributed by atoms with Crippen molar-refractivity contribution in [2.24, 2.45) is 0 Å². The Hall–Kier alpha value is -1.74. The van der Waals surface area contributed by atoms with Crippen LogP contribution in [0.15, 0.2) is 89.8 Å². The Morgan fingerprint density at radius 1 is 0.833 bits per heavy atom. The molecule has 3 aromatic rings. The van der Waals surface area contributed by atoms with Gasteiger partial charge < -0.3 is 28.5 Å². The Kier molecular flexibility index (Phi) is 7.02. The van der Waals surface area contributed by atoms with Crippen molar-refractivity contribution in [2.75, 3.05) is 20.1 Å². The molecule has 0 N–H and O–H groups in total. The normalized spacial score (nSPS) is 21.0. The molecular weight excluding hydrogens is 509 g/mol. The van der Waals surface area contributed by atoms with Crippen LogP contribution in [0.4, 0.5) is 0 Å². The summed E-state index contributed by atoms with van der Waals surface area (Å²) in [5, 5.41) is 0. The van der Waals surface area contributed by atoms with Crippen molar-refractivity contribution in [3.8, 4) is 0 Å². The third-order valence-electron chi connectivity index (χ3n) is 5.67. The van der Waals surface area contributed by atoms with Crippen molar-refractivity contribution in [2.45, 2.75) is 24.0 Å². The second-order valence-corrected chi connectivity index (χ2v) is 9.63. The molecular formula is C24H26INO3S. The molecule has 0 unspecified atom stereocenters. The Morgan fingerprint density at radius 2 is 1.30 bits per heavy atom. The van der Waals surface area contributed by atoms with Crippen LogP contribution in [0, 0.1) is 6.92 Å². The van der Waals surface area contributed by atoms with Crippen molar-refractivity contribution in [3.05, 3.63) is 102 Å². The summed E-state index contributed by atoms with van der Waals surface area (Å²) in [5.41, 5.74) is 3.47. The Bertz CT molecular complexity index is 1020. The predicted octanol–water partition coefficient (Wildman–Crippen LogP) is 1.32. The van der Waals surface area contributed by atoms with E-state index in [4.69, 9.17) is 4.18 Å². The van der Waals surface area contributed by atoms with Gasteiger partial charge in [0.2, 0.25) is 0 Å². The van der Waals surface area contributed by atoms with Gasteiger partial charge in [0, 0.05) is 11.1 Å². The molecule has 0 atom stereocenters. The molecule has 1 fully saturated rings. The first-order valence-corrected chi connectivity index (χ1v) is 11.2. The highest BCUT2D eigenvalue weighted by molar-refractivity contribution is 7.86. The van der Waals surface area contributed by atoms with Gasteiger partial charge in [0.05, 0.1) is 11.9 Å². The summed E-state index contributed by atoms with van der Waals surface area (Å²) in [6.07, 6.45) is -0.318. The van der Waals surface area contributed by atoms with Gasteiger partial charge in [-0.3, -0.25) is 4.18 Å². The molecule has 1 aliphatic rings. The van der Waals surface area contributed by atoms with Crippen LogP contribution in [0.3, 0.4) is 0 Å². The predicted molar refractivity (Wildman–Crippen MR) is 114 cm³/mol. The van der Waals surface area contributed by atoms with Crippen LogP contribution in [0.25, 0.3) is 0 Å². The highest BCUT2D eigenvalue weighted by Gasteiger charge is 2.49. The smallest absolute Gasteiger partial charge is 0.297 e. The Balaban J connectivity index is 0.00000256. The van der Waals surface area contributed by atoms with Crippen LogP contribution in [-0.4, -0.2) is 39.1 Å². The number of hydrogen-bond acceptors (Lipinski definition) is 3. The fraction of sp³-hybridized carbons (Fsp3) is 0.250. The van der Waals surface area contributed by atoms with Gasteiger partial charge in [0.25, 0.3) is 10.1 Å². The van der Waals surface area contributed by atoms with Crippen molar-refractivity contribution >= 4 is 10.1 Å². The molecule has 0 aliphatic carbocycles. The fourth-order valence-electron chi connectivity index (χ4n) is 4.27. The van der Waals surface area contributed by atoms with Gasteiger partial charge in [-0.1, -0.05) is 78.4 Å². The SMILES string of the molecule is Cc1ccc(S(=O)(=O)OC2C[N+](C)(C(c3ccccc3)c3ccccc3)C2)cc1.[I-]. The number of rotatable bonds is 6. The molecule has 0 spiro atoms. The quantitative estimate of drug-likeness (QED) is 0.272. The minimum atomic E-state index is -3.75. The average Bonchev–Trinajstić information content (AvgIpc) is 2.69. The van der Waals surface area contributed by atoms with E-state index in [0.29, 0.717) is 17.6 Å². The Morgan fingerprint density at radius 3 is 1.77 bits per heavy atom. The van der Waals surface area contributed by atoms with Crippen LogP contribution in [0.1, 0.15) is 22.7 Å². The monoisotopic (exact) mass is 535 g/mol. The fourth-order valence-corrected chi connectivity index (χ4v) is 5.33. The zero-order valence-corrected chi connectivity index (χ0v) is 20.1. The molecule has 1 aliphatic heterocycles. The molecule has 30 heavy (non-hydrogen) atoms. The molecule has 0 aromatic heterocycles. The number of aryl methyl sites for hydroxylation is 1. The third-order valence-corrected chi connectivity index (χ3v) is 7.04. The molecule has 6 heteroatoms. The lowest BCUT2D eigenvalue weighted by Gasteiger charge is -2.51. The van der Waals surface area contributed by atoms with Gasteiger partial charge in [0.1, 0.15) is 19.1 Å². The van der Waals surface area contributed by atoms with E-state index < -0.39 is 10.1 Å². The summed E-state index contributed by atoms with van der Waals surface area (Å²) in [6.45, 7) is 3.21. The molecule has 158 valence electrons. The number of likely N-dealkylation sites (N-methyl/N-ethyl adjacent to an activating group) is 1. The number of nitrogens with zero attached hydrogens (tertiary/aromatic N) is 1. The molecule has 1 heterocycles. The van der Waals surface area contributed by atoms with E-state index in [1.165, 1.54) is 11.1 Å². The van der Waals surface area contributed by atoms with Crippen LogP contribution >= 0.6 is 0 Å².